The zero-order chi connectivity index (χ0) is 40.8. The molecule has 6 atom stereocenters. The number of hydrogen-bond donors (Lipinski definition) is 4. The van der Waals surface area contributed by atoms with E-state index in [0.717, 1.165) is 87.9 Å². The molecule has 2 saturated heterocycles. The molecule has 0 radical (unpaired) electrons. The summed E-state index contributed by atoms with van der Waals surface area (Å²) in [6.45, 7) is 8.26. The van der Waals surface area contributed by atoms with E-state index in [0.29, 0.717) is 12.5 Å². The number of hydrogen-bond acceptors (Lipinski definition) is 8. The number of H-pyrrole nitrogens is 2. The van der Waals surface area contributed by atoms with Crippen molar-refractivity contribution in [1.82, 2.24) is 40.4 Å². The molecule has 1 saturated carbocycles. The second-order valence-corrected chi connectivity index (χ2v) is 16.6. The van der Waals surface area contributed by atoms with Gasteiger partial charge in [-0.3, -0.25) is 9.59 Å². The summed E-state index contributed by atoms with van der Waals surface area (Å²) in [6, 6.07) is 17.2. The Kier molecular flexibility index (Phi) is 11.7. The first kappa shape index (κ1) is 41.2. The Morgan fingerprint density at radius 2 is 1.44 bits per heavy atom. The van der Waals surface area contributed by atoms with Crippen LogP contribution in [0.5, 0.6) is 0 Å². The summed E-state index contributed by atoms with van der Waals surface area (Å²) >= 11 is 0. The molecule has 14 heteroatoms. The number of piperidine rings is 1. The quantitative estimate of drug-likeness (QED) is 0.110. The van der Waals surface area contributed by atoms with Crippen LogP contribution in [-0.4, -0.2) is 92.6 Å². The number of fused-ring (bicyclic) bond motifs is 5. The van der Waals surface area contributed by atoms with Gasteiger partial charge in [0, 0.05) is 18.0 Å². The van der Waals surface area contributed by atoms with Crippen LogP contribution in [0.3, 0.4) is 0 Å². The number of aromatic amines is 2. The van der Waals surface area contributed by atoms with Gasteiger partial charge in [0.15, 0.2) is 0 Å². The van der Waals surface area contributed by atoms with Gasteiger partial charge in [-0.1, -0.05) is 77.6 Å². The third kappa shape index (κ3) is 7.72. The second kappa shape index (κ2) is 16.7. The van der Waals surface area contributed by atoms with Crippen LogP contribution in [0.2, 0.25) is 0 Å². The van der Waals surface area contributed by atoms with E-state index in [1.54, 1.807) is 0 Å². The largest absolute Gasteiger partial charge is 0.453 e. The minimum absolute atomic E-state index is 0. The van der Waals surface area contributed by atoms with Crippen LogP contribution >= 0.6 is 0 Å². The standard InChI is InChI=1S/C44H52N8O6.CH4/c1-23(2)35(49-43(55)57-5)41(53)51-19-7-8-34(51)39-45-22-33(47-39)26-11-9-25(10-12-26)27-14-17-31-28(20-27)15-18-32-37(31)48-40(46-32)38-29-13-16-30(21-29)52(38)42(54)36(24(3)4)50-44(56)58-6;/h9-12,14-15,17-18,20,22-24,29-30,34-36,38H,7-8,13,16,19,21H2,1-6H3,(H,45,47)(H,46,48)(H,49,55)(H,50,56);1H4/t29-,30+,34-,35?,36-,38-;/m0./s1. The van der Waals surface area contributed by atoms with Gasteiger partial charge in [0.05, 0.1) is 49.2 Å². The van der Waals surface area contributed by atoms with Crippen molar-refractivity contribution in [3.05, 3.63) is 72.4 Å². The van der Waals surface area contributed by atoms with Crippen molar-refractivity contribution < 1.29 is 28.7 Å². The van der Waals surface area contributed by atoms with Crippen molar-refractivity contribution in [3.63, 3.8) is 0 Å². The molecule has 312 valence electrons. The Hall–Kier alpha value is -5.92. The number of aromatic nitrogens is 4. The smallest absolute Gasteiger partial charge is 0.407 e. The van der Waals surface area contributed by atoms with E-state index in [-0.39, 0.29) is 49.2 Å². The average Bonchev–Trinajstić information content (AvgIpc) is 4.09. The molecule has 3 aliphatic rings. The highest BCUT2D eigenvalue weighted by Crippen LogP contribution is 2.50. The first-order valence-corrected chi connectivity index (χ1v) is 20.3. The Morgan fingerprint density at radius 3 is 2.12 bits per heavy atom. The first-order valence-electron chi connectivity index (χ1n) is 20.3. The fourth-order valence-electron chi connectivity index (χ4n) is 9.35. The molecule has 4 amide bonds. The van der Waals surface area contributed by atoms with E-state index in [1.165, 1.54) is 14.2 Å². The minimum Gasteiger partial charge on any atom is -0.453 e. The second-order valence-electron chi connectivity index (χ2n) is 16.6. The molecule has 2 aliphatic heterocycles. The number of ether oxygens (including phenoxy) is 2. The highest BCUT2D eigenvalue weighted by atomic mass is 16.5. The molecule has 5 aromatic rings. The van der Waals surface area contributed by atoms with Crippen LogP contribution < -0.4 is 10.6 Å². The lowest BCUT2D eigenvalue weighted by molar-refractivity contribution is -0.139. The summed E-state index contributed by atoms with van der Waals surface area (Å²) in [6.07, 6.45) is 5.12. The van der Waals surface area contributed by atoms with Gasteiger partial charge in [0.25, 0.3) is 0 Å². The Balaban J connectivity index is 0.00000528. The van der Waals surface area contributed by atoms with Crippen LogP contribution in [-0.2, 0) is 19.1 Å². The molecule has 2 aromatic heterocycles. The van der Waals surface area contributed by atoms with Gasteiger partial charge in [-0.25, -0.2) is 19.6 Å². The summed E-state index contributed by atoms with van der Waals surface area (Å²) in [7, 11) is 2.60. The van der Waals surface area contributed by atoms with Crippen LogP contribution in [0, 0.1) is 17.8 Å². The molecule has 1 unspecified atom stereocenters. The number of alkyl carbamates (subject to hydrolysis) is 2. The molecule has 8 rings (SSSR count). The number of carbonyl (C=O) groups excluding carboxylic acids is 4. The molecular formula is C45H56N8O6. The molecule has 3 aromatic carbocycles. The van der Waals surface area contributed by atoms with Crippen molar-refractivity contribution in [3.8, 4) is 22.4 Å². The molecular weight excluding hydrogens is 749 g/mol. The number of imidazole rings is 2. The van der Waals surface area contributed by atoms with Gasteiger partial charge in [0.1, 0.15) is 23.7 Å². The fourth-order valence-corrected chi connectivity index (χ4v) is 9.35. The van der Waals surface area contributed by atoms with Crippen LogP contribution in [0.15, 0.2) is 60.8 Å². The number of nitrogens with one attached hydrogen (secondary N) is 4. The number of carbonyl (C=O) groups is 4. The first-order chi connectivity index (χ1) is 27.9. The summed E-state index contributed by atoms with van der Waals surface area (Å²) < 4.78 is 9.61. The summed E-state index contributed by atoms with van der Waals surface area (Å²) in [4.78, 5) is 72.5. The monoisotopic (exact) mass is 804 g/mol. The average molecular weight is 805 g/mol. The van der Waals surface area contributed by atoms with Gasteiger partial charge < -0.3 is 39.9 Å². The lowest BCUT2D eigenvalue weighted by atomic mass is 9.95. The molecule has 4 heterocycles. The third-order valence-electron chi connectivity index (χ3n) is 12.4. The number of benzene rings is 3. The molecule has 3 fully saturated rings. The van der Waals surface area contributed by atoms with Crippen LogP contribution in [0.1, 0.15) is 91.0 Å². The van der Waals surface area contributed by atoms with Gasteiger partial charge in [-0.05, 0) is 84.1 Å². The predicted octanol–water partition coefficient (Wildman–Crippen LogP) is 7.89. The number of amides is 4. The van der Waals surface area contributed by atoms with Gasteiger partial charge >= 0.3 is 12.2 Å². The number of rotatable bonds is 10. The maximum Gasteiger partial charge on any atom is 0.407 e. The molecule has 2 bridgehead atoms. The molecule has 14 nitrogen and oxygen atoms in total. The van der Waals surface area contributed by atoms with Crippen molar-refractivity contribution in [2.75, 3.05) is 20.8 Å². The van der Waals surface area contributed by atoms with E-state index in [2.05, 4.69) is 75.2 Å². The lowest BCUT2D eigenvalue weighted by Gasteiger charge is -2.37. The topological polar surface area (TPSA) is 175 Å². The maximum absolute atomic E-state index is 14.1. The van der Waals surface area contributed by atoms with Crippen molar-refractivity contribution >= 4 is 45.8 Å². The van der Waals surface area contributed by atoms with Gasteiger partial charge in [-0.2, -0.15) is 0 Å². The maximum atomic E-state index is 14.1. The highest BCUT2D eigenvalue weighted by Gasteiger charge is 2.51. The zero-order valence-electron chi connectivity index (χ0n) is 33.9. The summed E-state index contributed by atoms with van der Waals surface area (Å²) in [5.41, 5.74) is 5.77. The number of likely N-dealkylation sites (tertiary alicyclic amines) is 2. The Morgan fingerprint density at radius 1 is 0.780 bits per heavy atom. The van der Waals surface area contributed by atoms with Crippen molar-refractivity contribution in [2.45, 2.75) is 97.4 Å². The van der Waals surface area contributed by atoms with Gasteiger partial charge in [-0.15, -0.1) is 0 Å². The number of methoxy groups -OCH3 is 2. The minimum atomic E-state index is -0.690. The predicted molar refractivity (Wildman–Crippen MR) is 226 cm³/mol. The zero-order valence-corrected chi connectivity index (χ0v) is 33.9. The highest BCUT2D eigenvalue weighted by molar-refractivity contribution is 6.05. The van der Waals surface area contributed by atoms with Crippen LogP contribution in [0.25, 0.3) is 44.2 Å². The molecule has 0 spiro atoms. The van der Waals surface area contributed by atoms with E-state index < -0.39 is 24.3 Å². The van der Waals surface area contributed by atoms with E-state index >= 15 is 0 Å². The SMILES string of the molecule is C.COC(=O)NC(C(=O)N1CCC[C@H]1c1ncc(-c2ccc(-c3ccc4c(ccc5[nH]c([C@@H]6[C@H]7CC[C@H](C7)N6C(=O)[C@@H](NC(=O)OC)C(C)C)nc54)c3)cc2)[nH]1)C(C)C. The summed E-state index contributed by atoms with van der Waals surface area (Å²) in [5, 5.41) is 7.56. The van der Waals surface area contributed by atoms with E-state index in [1.807, 2.05) is 43.7 Å². The normalized spacial score (nSPS) is 20.9. The Labute approximate surface area is 344 Å². The van der Waals surface area contributed by atoms with Crippen molar-refractivity contribution in [2.24, 2.45) is 17.8 Å². The Bertz CT molecular complexity index is 2350. The fraction of sp³-hybridized carbons (Fsp3) is 0.467. The third-order valence-corrected chi connectivity index (χ3v) is 12.4. The van der Waals surface area contributed by atoms with Gasteiger partial charge in [0.2, 0.25) is 11.8 Å². The molecule has 1 aliphatic carbocycles. The number of nitrogens with zero attached hydrogens (tertiary/aromatic N) is 4. The van der Waals surface area contributed by atoms with E-state index in [9.17, 15) is 19.2 Å². The summed E-state index contributed by atoms with van der Waals surface area (Å²) in [5.74, 6) is 1.37. The van der Waals surface area contributed by atoms with Crippen molar-refractivity contribution in [1.29, 1.82) is 0 Å². The van der Waals surface area contributed by atoms with E-state index in [4.69, 9.17) is 19.4 Å². The lowest BCUT2D eigenvalue weighted by Crippen LogP contribution is -2.54. The molecule has 59 heavy (non-hydrogen) atoms. The van der Waals surface area contributed by atoms with Crippen LogP contribution in [0.4, 0.5) is 9.59 Å². The molecule has 4 N–H and O–H groups in total.